The van der Waals surface area contributed by atoms with E-state index in [4.69, 9.17) is 9.72 Å². The molecule has 0 aliphatic carbocycles. The Balaban J connectivity index is 1.26. The smallest absolute Gasteiger partial charge is 0.259 e. The van der Waals surface area contributed by atoms with Crippen LogP contribution in [0.2, 0.25) is 0 Å². The number of nitrogens with one attached hydrogen (secondary N) is 2. The predicted molar refractivity (Wildman–Crippen MR) is 143 cm³/mol. The number of ether oxygens (including phenoxy) is 1. The summed E-state index contributed by atoms with van der Waals surface area (Å²) >= 11 is 0. The average Bonchev–Trinajstić information content (AvgIpc) is 2.91. The number of piperidine rings is 1. The second-order valence-electron chi connectivity index (χ2n) is 8.81. The van der Waals surface area contributed by atoms with Crippen molar-refractivity contribution in [2.75, 3.05) is 28.6 Å². The van der Waals surface area contributed by atoms with E-state index in [0.29, 0.717) is 28.7 Å². The van der Waals surface area contributed by atoms with E-state index in [0.717, 1.165) is 30.3 Å². The quantitative estimate of drug-likeness (QED) is 0.312. The van der Waals surface area contributed by atoms with Gasteiger partial charge in [0.1, 0.15) is 17.3 Å². The normalized spacial score (nSPS) is 13.2. The number of para-hydroxylation sites is 2. The molecule has 7 heteroatoms. The fourth-order valence-electron chi connectivity index (χ4n) is 4.22. The molecule has 0 radical (unpaired) electrons. The van der Waals surface area contributed by atoms with Crippen LogP contribution < -0.4 is 20.3 Å². The summed E-state index contributed by atoms with van der Waals surface area (Å²) in [6.07, 6.45) is 3.67. The minimum atomic E-state index is -0.240. The van der Waals surface area contributed by atoms with E-state index in [1.54, 1.807) is 12.1 Å². The Morgan fingerprint density at radius 1 is 0.833 bits per heavy atom. The first-order chi connectivity index (χ1) is 17.6. The summed E-state index contributed by atoms with van der Waals surface area (Å²) in [5.74, 6) is 2.47. The zero-order chi connectivity index (χ0) is 24.7. The molecule has 1 saturated heterocycles. The average molecular weight is 480 g/mol. The summed E-state index contributed by atoms with van der Waals surface area (Å²) in [5, 5.41) is 6.24. The van der Waals surface area contributed by atoms with Gasteiger partial charge in [-0.25, -0.2) is 4.98 Å². The first-order valence-electron chi connectivity index (χ1n) is 12.2. The van der Waals surface area contributed by atoms with Crippen LogP contribution in [0.3, 0.4) is 0 Å². The van der Waals surface area contributed by atoms with Gasteiger partial charge in [-0.2, -0.15) is 4.98 Å². The molecule has 1 aliphatic rings. The van der Waals surface area contributed by atoms with Gasteiger partial charge in [-0.1, -0.05) is 30.3 Å². The highest BCUT2D eigenvalue weighted by molar-refractivity contribution is 6.06. The number of anilines is 4. The van der Waals surface area contributed by atoms with Crippen molar-refractivity contribution < 1.29 is 9.53 Å². The van der Waals surface area contributed by atoms with Gasteiger partial charge in [0, 0.05) is 36.2 Å². The van der Waals surface area contributed by atoms with Gasteiger partial charge in [-0.15, -0.1) is 0 Å². The van der Waals surface area contributed by atoms with Crippen LogP contribution in [0.4, 0.5) is 23.1 Å². The second kappa shape index (κ2) is 10.9. The van der Waals surface area contributed by atoms with Crippen LogP contribution in [0.5, 0.6) is 11.5 Å². The zero-order valence-corrected chi connectivity index (χ0v) is 20.3. The Bertz CT molecular complexity index is 1320. The van der Waals surface area contributed by atoms with Gasteiger partial charge in [0.05, 0.1) is 5.56 Å². The Morgan fingerprint density at radius 3 is 2.31 bits per heavy atom. The number of aryl methyl sites for hydroxylation is 1. The van der Waals surface area contributed by atoms with Gasteiger partial charge in [0.15, 0.2) is 0 Å². The van der Waals surface area contributed by atoms with Crippen molar-refractivity contribution in [2.45, 2.75) is 26.2 Å². The van der Waals surface area contributed by atoms with Crippen molar-refractivity contribution in [3.8, 4) is 11.5 Å². The summed E-state index contributed by atoms with van der Waals surface area (Å²) in [5.41, 5.74) is 2.91. The van der Waals surface area contributed by atoms with Gasteiger partial charge in [0.25, 0.3) is 5.91 Å². The Morgan fingerprint density at radius 2 is 1.53 bits per heavy atom. The van der Waals surface area contributed by atoms with E-state index in [9.17, 15) is 4.79 Å². The lowest BCUT2D eigenvalue weighted by Crippen LogP contribution is -2.30. The lowest BCUT2D eigenvalue weighted by Gasteiger charge is -2.28. The Hall–Kier alpha value is -4.39. The fraction of sp³-hybridized carbons (Fsp3) is 0.207. The van der Waals surface area contributed by atoms with E-state index in [1.807, 2.05) is 79.7 Å². The van der Waals surface area contributed by atoms with Crippen molar-refractivity contribution in [3.05, 3.63) is 96.2 Å². The monoisotopic (exact) mass is 479 g/mol. The molecule has 0 unspecified atom stereocenters. The first kappa shape index (κ1) is 23.4. The SMILES string of the molecule is Cc1cc(N2CCCCC2)nc(Nc2ccc(NC(=O)c3ccccc3Oc3ccccc3)cc2)n1. The van der Waals surface area contributed by atoms with Crippen LogP contribution in [-0.4, -0.2) is 29.0 Å². The van der Waals surface area contributed by atoms with Gasteiger partial charge in [-0.3, -0.25) is 4.79 Å². The number of carbonyl (C=O) groups is 1. The van der Waals surface area contributed by atoms with Gasteiger partial charge < -0.3 is 20.3 Å². The van der Waals surface area contributed by atoms with Gasteiger partial charge in [-0.05, 0) is 74.7 Å². The van der Waals surface area contributed by atoms with Crippen LogP contribution in [-0.2, 0) is 0 Å². The molecule has 5 rings (SSSR count). The number of hydrogen-bond donors (Lipinski definition) is 2. The number of carbonyl (C=O) groups excluding carboxylic acids is 1. The van der Waals surface area contributed by atoms with Gasteiger partial charge >= 0.3 is 0 Å². The van der Waals surface area contributed by atoms with Gasteiger partial charge in [0.2, 0.25) is 5.95 Å². The molecule has 0 saturated carbocycles. The van der Waals surface area contributed by atoms with E-state index in [-0.39, 0.29) is 5.91 Å². The van der Waals surface area contributed by atoms with Crippen molar-refractivity contribution in [1.29, 1.82) is 0 Å². The number of amides is 1. The third-order valence-electron chi connectivity index (χ3n) is 6.02. The van der Waals surface area contributed by atoms with Crippen LogP contribution in [0.15, 0.2) is 84.9 Å². The van der Waals surface area contributed by atoms with Crippen molar-refractivity contribution in [3.63, 3.8) is 0 Å². The molecule has 1 aromatic heterocycles. The highest BCUT2D eigenvalue weighted by Gasteiger charge is 2.15. The molecule has 36 heavy (non-hydrogen) atoms. The van der Waals surface area contributed by atoms with Crippen LogP contribution in [0, 0.1) is 6.92 Å². The summed E-state index contributed by atoms with van der Waals surface area (Å²) in [6, 6.07) is 26.1. The molecule has 2 N–H and O–H groups in total. The Labute approximate surface area is 211 Å². The molecule has 0 bridgehead atoms. The topological polar surface area (TPSA) is 79.4 Å². The zero-order valence-electron chi connectivity index (χ0n) is 20.3. The number of aromatic nitrogens is 2. The predicted octanol–water partition coefficient (Wildman–Crippen LogP) is 6.56. The fourth-order valence-corrected chi connectivity index (χ4v) is 4.22. The van der Waals surface area contributed by atoms with E-state index in [1.165, 1.54) is 19.3 Å². The highest BCUT2D eigenvalue weighted by atomic mass is 16.5. The largest absolute Gasteiger partial charge is 0.457 e. The summed E-state index contributed by atoms with van der Waals surface area (Å²) < 4.78 is 5.93. The molecule has 182 valence electrons. The number of hydrogen-bond acceptors (Lipinski definition) is 6. The number of benzene rings is 3. The molecule has 0 atom stereocenters. The molecule has 1 amide bonds. The molecule has 7 nitrogen and oxygen atoms in total. The van der Waals surface area contributed by atoms with Crippen molar-refractivity contribution in [2.24, 2.45) is 0 Å². The highest BCUT2D eigenvalue weighted by Crippen LogP contribution is 2.27. The lowest BCUT2D eigenvalue weighted by molar-refractivity contribution is 0.102. The summed E-state index contributed by atoms with van der Waals surface area (Å²) in [4.78, 5) is 24.6. The second-order valence-corrected chi connectivity index (χ2v) is 8.81. The van der Waals surface area contributed by atoms with Crippen molar-refractivity contribution >= 4 is 29.0 Å². The summed E-state index contributed by atoms with van der Waals surface area (Å²) in [6.45, 7) is 4.05. The van der Waals surface area contributed by atoms with Crippen LogP contribution in [0.25, 0.3) is 0 Å². The number of nitrogens with zero attached hydrogens (tertiary/aromatic N) is 3. The first-order valence-corrected chi connectivity index (χ1v) is 12.2. The van der Waals surface area contributed by atoms with E-state index in [2.05, 4.69) is 20.5 Å². The number of rotatable bonds is 7. The molecule has 4 aromatic rings. The Kier molecular flexibility index (Phi) is 7.07. The van der Waals surface area contributed by atoms with Crippen LogP contribution in [0.1, 0.15) is 35.3 Å². The maximum Gasteiger partial charge on any atom is 0.259 e. The minimum Gasteiger partial charge on any atom is -0.457 e. The van der Waals surface area contributed by atoms with E-state index >= 15 is 0 Å². The molecule has 3 aromatic carbocycles. The minimum absolute atomic E-state index is 0.240. The molecule has 1 fully saturated rings. The summed E-state index contributed by atoms with van der Waals surface area (Å²) in [7, 11) is 0. The molecule has 2 heterocycles. The maximum atomic E-state index is 13.0. The van der Waals surface area contributed by atoms with Crippen molar-refractivity contribution in [1.82, 2.24) is 9.97 Å². The molecule has 0 spiro atoms. The third-order valence-corrected chi connectivity index (χ3v) is 6.02. The standard InChI is InChI=1S/C29H29N5O2/c1-21-20-27(34-18-8-3-9-19-34)33-29(30-21)32-23-16-14-22(15-17-23)31-28(35)25-12-6-7-13-26(25)36-24-10-4-2-5-11-24/h2,4-7,10-17,20H,3,8-9,18-19H2,1H3,(H,31,35)(H,30,32,33). The maximum absolute atomic E-state index is 13.0. The molecular weight excluding hydrogens is 450 g/mol. The molecular formula is C29H29N5O2. The molecule has 1 aliphatic heterocycles. The van der Waals surface area contributed by atoms with Crippen LogP contribution >= 0.6 is 0 Å². The van der Waals surface area contributed by atoms with E-state index < -0.39 is 0 Å². The third kappa shape index (κ3) is 5.81. The lowest BCUT2D eigenvalue weighted by atomic mass is 10.1.